The Labute approximate surface area is 291 Å². The lowest BCUT2D eigenvalue weighted by molar-refractivity contribution is 0.0819. The van der Waals surface area contributed by atoms with Crippen LogP contribution in [0, 0.1) is 11.8 Å². The molecule has 5 nitrogen and oxygen atoms in total. The van der Waals surface area contributed by atoms with Gasteiger partial charge in [0, 0.05) is 19.1 Å². The molecule has 0 unspecified atom stereocenters. The molecule has 0 spiro atoms. The van der Waals surface area contributed by atoms with E-state index in [1.165, 1.54) is 20.7 Å². The van der Waals surface area contributed by atoms with Gasteiger partial charge in [0.2, 0.25) is 0 Å². The van der Waals surface area contributed by atoms with Crippen LogP contribution < -0.4 is 20.7 Å². The number of rotatable bonds is 12. The molecular formula is C40H52O5SSi2. The van der Waals surface area contributed by atoms with Crippen molar-refractivity contribution in [3.8, 4) is 0 Å². The minimum absolute atomic E-state index is 0.0524. The summed E-state index contributed by atoms with van der Waals surface area (Å²) < 4.78 is 45.8. The number of benzene rings is 4. The molecule has 48 heavy (non-hydrogen) atoms. The van der Waals surface area contributed by atoms with Gasteiger partial charge in [0.15, 0.2) is 0 Å². The predicted octanol–water partition coefficient (Wildman–Crippen LogP) is 6.51. The highest BCUT2D eigenvalue weighted by atomic mass is 32.2. The van der Waals surface area contributed by atoms with E-state index in [1.54, 1.807) is 0 Å². The van der Waals surface area contributed by atoms with Gasteiger partial charge in [-0.05, 0) is 49.6 Å². The van der Waals surface area contributed by atoms with E-state index in [4.69, 9.17) is 13.0 Å². The van der Waals surface area contributed by atoms with Crippen LogP contribution in [0.4, 0.5) is 0 Å². The van der Waals surface area contributed by atoms with Crippen molar-refractivity contribution in [1.82, 2.24) is 0 Å². The second kappa shape index (κ2) is 14.6. The summed E-state index contributed by atoms with van der Waals surface area (Å²) in [6.07, 6.45) is 2.11. The SMILES string of the molecule is CC(C)(C)[Si](OC[C@H]1CC[C@H](OS(C)(=O)=O)[C@@H]1CO[Si](c1ccccc1)(c1ccccc1)C(C)(C)C)(c1ccccc1)c1ccccc1. The van der Waals surface area contributed by atoms with Crippen molar-refractivity contribution in [3.05, 3.63) is 121 Å². The van der Waals surface area contributed by atoms with Crippen LogP contribution in [0.5, 0.6) is 0 Å². The Kier molecular flexibility index (Phi) is 11.0. The quantitative estimate of drug-likeness (QED) is 0.125. The molecule has 0 saturated heterocycles. The normalized spacial score (nSPS) is 19.4. The zero-order chi connectivity index (χ0) is 34.6. The lowest BCUT2D eigenvalue weighted by Gasteiger charge is -2.45. The van der Waals surface area contributed by atoms with Gasteiger partial charge in [0.05, 0.1) is 12.4 Å². The zero-order valence-corrected chi connectivity index (χ0v) is 32.4. The highest BCUT2D eigenvalue weighted by Gasteiger charge is 2.53. The number of hydrogen-bond acceptors (Lipinski definition) is 5. The molecule has 0 heterocycles. The largest absolute Gasteiger partial charge is 0.407 e. The van der Waals surface area contributed by atoms with Crippen molar-refractivity contribution in [2.24, 2.45) is 11.8 Å². The second-order valence-electron chi connectivity index (χ2n) is 15.3. The average molecular weight is 701 g/mol. The van der Waals surface area contributed by atoms with E-state index in [-0.39, 0.29) is 21.9 Å². The van der Waals surface area contributed by atoms with Gasteiger partial charge < -0.3 is 8.85 Å². The fourth-order valence-electron chi connectivity index (χ4n) is 7.88. The van der Waals surface area contributed by atoms with E-state index in [2.05, 4.69) is 151 Å². The minimum atomic E-state index is -3.68. The maximum atomic E-state index is 12.6. The van der Waals surface area contributed by atoms with E-state index >= 15 is 0 Å². The summed E-state index contributed by atoms with van der Waals surface area (Å²) >= 11 is 0. The third kappa shape index (κ3) is 7.49. The van der Waals surface area contributed by atoms with Crippen molar-refractivity contribution in [2.45, 2.75) is 70.6 Å². The summed E-state index contributed by atoms with van der Waals surface area (Å²) in [4.78, 5) is 0. The van der Waals surface area contributed by atoms with Crippen LogP contribution >= 0.6 is 0 Å². The van der Waals surface area contributed by atoms with Gasteiger partial charge in [-0.2, -0.15) is 8.42 Å². The van der Waals surface area contributed by atoms with Crippen LogP contribution in [0.3, 0.4) is 0 Å². The Balaban J connectivity index is 1.55. The van der Waals surface area contributed by atoms with Crippen LogP contribution in [0.25, 0.3) is 0 Å². The third-order valence-corrected chi connectivity index (χ3v) is 20.6. The Morgan fingerprint density at radius 3 is 1.21 bits per heavy atom. The molecule has 5 rings (SSSR count). The lowest BCUT2D eigenvalue weighted by Crippen LogP contribution is -2.67. The summed E-state index contributed by atoms with van der Waals surface area (Å²) in [6.45, 7) is 14.5. The standard InChI is InChI=1S/C40H52O5SSi2/c1-39(2,3)47(33-20-12-8-13-21-33,34-22-14-9-15-23-34)43-30-32-28-29-38(45-46(7,41)42)37(32)31-44-48(40(4,5)6,35-24-16-10-17-25-35)36-26-18-11-19-27-36/h8-27,32,37-38H,28-31H2,1-7H3/t32-,37-,38+/m1/s1. The van der Waals surface area contributed by atoms with Crippen molar-refractivity contribution in [3.63, 3.8) is 0 Å². The third-order valence-electron chi connectivity index (χ3n) is 10.0. The van der Waals surface area contributed by atoms with Gasteiger partial charge in [-0.3, -0.25) is 4.18 Å². The summed E-state index contributed by atoms with van der Waals surface area (Å²) in [5.74, 6) is -0.115. The van der Waals surface area contributed by atoms with Crippen molar-refractivity contribution < 1.29 is 21.5 Å². The molecule has 0 amide bonds. The molecule has 1 saturated carbocycles. The highest BCUT2D eigenvalue weighted by molar-refractivity contribution is 7.86. The smallest absolute Gasteiger partial charge is 0.264 e. The maximum Gasteiger partial charge on any atom is 0.264 e. The number of hydrogen-bond donors (Lipinski definition) is 0. The van der Waals surface area contributed by atoms with Gasteiger partial charge in [-0.15, -0.1) is 0 Å². The first-order chi connectivity index (χ1) is 22.7. The molecule has 0 aliphatic heterocycles. The van der Waals surface area contributed by atoms with Gasteiger partial charge in [-0.1, -0.05) is 163 Å². The highest BCUT2D eigenvalue weighted by Crippen LogP contribution is 2.42. The van der Waals surface area contributed by atoms with Gasteiger partial charge >= 0.3 is 0 Å². The fourth-order valence-corrected chi connectivity index (χ4v) is 17.8. The first-order valence-electron chi connectivity index (χ1n) is 17.1. The van der Waals surface area contributed by atoms with E-state index in [9.17, 15) is 8.42 Å². The zero-order valence-electron chi connectivity index (χ0n) is 29.6. The Bertz CT molecular complexity index is 1620. The van der Waals surface area contributed by atoms with Gasteiger partial charge in [0.1, 0.15) is 0 Å². The first kappa shape index (κ1) is 36.4. The molecule has 0 bridgehead atoms. The molecule has 0 aromatic heterocycles. The minimum Gasteiger partial charge on any atom is -0.407 e. The molecule has 3 atom stereocenters. The van der Waals surface area contributed by atoms with Crippen LogP contribution in [-0.2, 0) is 23.2 Å². The predicted molar refractivity (Wildman–Crippen MR) is 203 cm³/mol. The van der Waals surface area contributed by atoms with Gasteiger partial charge in [-0.25, -0.2) is 0 Å². The van der Waals surface area contributed by atoms with Crippen LogP contribution in [0.2, 0.25) is 10.1 Å². The summed E-state index contributed by atoms with van der Waals surface area (Å²) in [5.41, 5.74) is 0. The summed E-state index contributed by atoms with van der Waals surface area (Å²) in [6, 6.07) is 42.5. The van der Waals surface area contributed by atoms with E-state index < -0.39 is 32.9 Å². The molecule has 256 valence electrons. The second-order valence-corrected chi connectivity index (χ2v) is 25.5. The van der Waals surface area contributed by atoms with Crippen molar-refractivity contribution >= 4 is 47.5 Å². The van der Waals surface area contributed by atoms with Crippen LogP contribution in [0.1, 0.15) is 54.4 Å². The molecule has 1 aliphatic carbocycles. The summed E-state index contributed by atoms with van der Waals surface area (Å²) in [7, 11) is -9.35. The first-order valence-corrected chi connectivity index (χ1v) is 22.7. The topological polar surface area (TPSA) is 61.8 Å². The van der Waals surface area contributed by atoms with Crippen molar-refractivity contribution in [1.29, 1.82) is 0 Å². The monoisotopic (exact) mass is 700 g/mol. The molecule has 0 N–H and O–H groups in total. The molecule has 1 aliphatic rings. The Morgan fingerprint density at radius 2 is 0.896 bits per heavy atom. The molecular weight excluding hydrogens is 649 g/mol. The molecule has 1 fully saturated rings. The van der Waals surface area contributed by atoms with E-state index in [1.807, 2.05) is 12.1 Å². The molecule has 4 aromatic carbocycles. The Hall–Kier alpha value is -2.86. The molecule has 0 radical (unpaired) electrons. The average Bonchev–Trinajstić information content (AvgIpc) is 3.42. The fraction of sp³-hybridized carbons (Fsp3) is 0.400. The van der Waals surface area contributed by atoms with E-state index in [0.29, 0.717) is 19.6 Å². The maximum absolute atomic E-state index is 12.6. The van der Waals surface area contributed by atoms with Gasteiger partial charge in [0.25, 0.3) is 26.8 Å². The van der Waals surface area contributed by atoms with E-state index in [0.717, 1.165) is 12.7 Å². The molecule has 4 aromatic rings. The van der Waals surface area contributed by atoms with Crippen LogP contribution in [0.15, 0.2) is 121 Å². The summed E-state index contributed by atoms with van der Waals surface area (Å²) in [5, 5.41) is 4.47. The van der Waals surface area contributed by atoms with Crippen LogP contribution in [-0.4, -0.2) is 50.6 Å². The Morgan fingerprint density at radius 1 is 0.562 bits per heavy atom. The molecule has 8 heteroatoms. The van der Waals surface area contributed by atoms with Crippen molar-refractivity contribution in [2.75, 3.05) is 19.5 Å². The lowest BCUT2D eigenvalue weighted by atomic mass is 9.97.